The monoisotopic (exact) mass is 378 g/mol. The molecule has 4 heterocycles. The van der Waals surface area contributed by atoms with E-state index in [-0.39, 0.29) is 0 Å². The van der Waals surface area contributed by atoms with Gasteiger partial charge in [0.1, 0.15) is 5.82 Å². The highest BCUT2D eigenvalue weighted by Crippen LogP contribution is 2.32. The van der Waals surface area contributed by atoms with E-state index in [1.54, 1.807) is 0 Å². The third-order valence-electron chi connectivity index (χ3n) is 6.58. The van der Waals surface area contributed by atoms with Gasteiger partial charge < -0.3 is 9.80 Å². The summed E-state index contributed by atoms with van der Waals surface area (Å²) < 4.78 is 0. The maximum atomic E-state index is 5.05. The standard InChI is InChI=1S/C22H30N6/c1-26-11-3-4-18(16-26)27-12-14-28(15-13-27)22-19-5-2-6-20(19)24-21(25-22)17-7-9-23-10-8-17/h7-10,18H,2-6,11-16H2,1H3. The van der Waals surface area contributed by atoms with Crippen molar-refractivity contribution in [2.24, 2.45) is 0 Å². The minimum Gasteiger partial charge on any atom is -0.354 e. The Balaban J connectivity index is 1.36. The Kier molecular flexibility index (Phi) is 4.99. The summed E-state index contributed by atoms with van der Waals surface area (Å²) in [6.07, 6.45) is 9.73. The van der Waals surface area contributed by atoms with Crippen molar-refractivity contribution in [1.82, 2.24) is 24.8 Å². The molecule has 0 spiro atoms. The van der Waals surface area contributed by atoms with Crippen molar-refractivity contribution in [3.63, 3.8) is 0 Å². The van der Waals surface area contributed by atoms with Gasteiger partial charge in [-0.3, -0.25) is 9.88 Å². The van der Waals surface area contributed by atoms with Crippen LogP contribution in [0.4, 0.5) is 5.82 Å². The van der Waals surface area contributed by atoms with Gasteiger partial charge in [-0.1, -0.05) is 0 Å². The molecule has 6 heteroatoms. The van der Waals surface area contributed by atoms with Crippen molar-refractivity contribution in [3.8, 4) is 11.4 Å². The Bertz CT molecular complexity index is 815. The Hall–Kier alpha value is -2.05. The lowest BCUT2D eigenvalue weighted by molar-refractivity contribution is 0.106. The van der Waals surface area contributed by atoms with E-state index in [9.17, 15) is 0 Å². The molecule has 0 N–H and O–H groups in total. The van der Waals surface area contributed by atoms with E-state index in [2.05, 4.69) is 26.7 Å². The molecule has 3 aliphatic rings. The number of pyridine rings is 1. The SMILES string of the molecule is CN1CCCC(N2CCN(c3nc(-c4ccncc4)nc4c3CCC4)CC2)C1. The van der Waals surface area contributed by atoms with Gasteiger partial charge in [-0.25, -0.2) is 9.97 Å². The normalized spacial score (nSPS) is 23.8. The van der Waals surface area contributed by atoms with Crippen molar-refractivity contribution in [2.45, 2.75) is 38.1 Å². The number of fused-ring (bicyclic) bond motifs is 1. The van der Waals surface area contributed by atoms with Crippen LogP contribution in [0.3, 0.4) is 0 Å². The summed E-state index contributed by atoms with van der Waals surface area (Å²) in [6, 6.07) is 4.75. The van der Waals surface area contributed by atoms with E-state index in [0.29, 0.717) is 0 Å². The number of likely N-dealkylation sites (tertiary alicyclic amines) is 1. The average Bonchev–Trinajstić information content (AvgIpc) is 3.23. The van der Waals surface area contributed by atoms with Gasteiger partial charge in [-0.2, -0.15) is 0 Å². The maximum absolute atomic E-state index is 5.05. The van der Waals surface area contributed by atoms with Crippen molar-refractivity contribution in [1.29, 1.82) is 0 Å². The second-order valence-electron chi connectivity index (χ2n) is 8.47. The summed E-state index contributed by atoms with van der Waals surface area (Å²) in [4.78, 5) is 21.8. The minimum atomic E-state index is 0.726. The Morgan fingerprint density at radius 2 is 1.75 bits per heavy atom. The number of hydrogen-bond acceptors (Lipinski definition) is 6. The van der Waals surface area contributed by atoms with Gasteiger partial charge in [0.15, 0.2) is 5.82 Å². The van der Waals surface area contributed by atoms with Crippen molar-refractivity contribution in [3.05, 3.63) is 35.8 Å². The Labute approximate surface area is 167 Å². The Morgan fingerprint density at radius 1 is 0.929 bits per heavy atom. The number of piperazine rings is 1. The van der Waals surface area contributed by atoms with Crippen LogP contribution in [-0.2, 0) is 12.8 Å². The molecule has 0 amide bonds. The highest BCUT2D eigenvalue weighted by molar-refractivity contribution is 5.61. The van der Waals surface area contributed by atoms with Crippen LogP contribution in [0.2, 0.25) is 0 Å². The van der Waals surface area contributed by atoms with Gasteiger partial charge in [0.25, 0.3) is 0 Å². The maximum Gasteiger partial charge on any atom is 0.161 e. The number of aromatic nitrogens is 3. The van der Waals surface area contributed by atoms with Crippen LogP contribution in [0.1, 0.15) is 30.5 Å². The van der Waals surface area contributed by atoms with E-state index in [4.69, 9.17) is 9.97 Å². The molecule has 1 aliphatic carbocycles. The van der Waals surface area contributed by atoms with Crippen molar-refractivity contribution in [2.75, 3.05) is 51.2 Å². The minimum absolute atomic E-state index is 0.726. The summed E-state index contributed by atoms with van der Waals surface area (Å²) in [5.74, 6) is 2.05. The highest BCUT2D eigenvalue weighted by atomic mass is 15.3. The van der Waals surface area contributed by atoms with Crippen LogP contribution in [-0.4, -0.2) is 77.1 Å². The lowest BCUT2D eigenvalue weighted by Gasteiger charge is -2.43. The lowest BCUT2D eigenvalue weighted by Crippen LogP contribution is -2.54. The molecule has 0 radical (unpaired) electrons. The fourth-order valence-corrected chi connectivity index (χ4v) is 5.04. The number of aryl methyl sites for hydroxylation is 1. The molecule has 0 saturated carbocycles. The zero-order chi connectivity index (χ0) is 18.9. The molecule has 2 aromatic heterocycles. The predicted molar refractivity (Wildman–Crippen MR) is 112 cm³/mol. The van der Waals surface area contributed by atoms with Crippen LogP contribution in [0, 0.1) is 0 Å². The molecule has 5 rings (SSSR count). The molecular formula is C22H30N6. The number of nitrogens with zero attached hydrogens (tertiary/aromatic N) is 6. The second-order valence-corrected chi connectivity index (χ2v) is 8.47. The lowest BCUT2D eigenvalue weighted by atomic mass is 10.0. The molecule has 0 bridgehead atoms. The summed E-state index contributed by atoms with van der Waals surface area (Å²) >= 11 is 0. The number of hydrogen-bond donors (Lipinski definition) is 0. The zero-order valence-electron chi connectivity index (χ0n) is 16.8. The summed E-state index contributed by atoms with van der Waals surface area (Å²) in [5, 5.41) is 0. The molecular weight excluding hydrogens is 348 g/mol. The van der Waals surface area contributed by atoms with Crippen LogP contribution in [0.5, 0.6) is 0 Å². The number of piperidine rings is 1. The molecule has 2 aromatic rings. The van der Waals surface area contributed by atoms with Crippen LogP contribution >= 0.6 is 0 Å². The number of likely N-dealkylation sites (N-methyl/N-ethyl adjacent to an activating group) is 1. The molecule has 2 fully saturated rings. The van der Waals surface area contributed by atoms with Gasteiger partial charge in [-0.15, -0.1) is 0 Å². The fraction of sp³-hybridized carbons (Fsp3) is 0.591. The van der Waals surface area contributed by atoms with Crippen LogP contribution < -0.4 is 4.90 Å². The second kappa shape index (κ2) is 7.76. The molecule has 1 atom stereocenters. The van der Waals surface area contributed by atoms with Gasteiger partial charge >= 0.3 is 0 Å². The Morgan fingerprint density at radius 3 is 2.54 bits per heavy atom. The van der Waals surface area contributed by atoms with E-state index in [1.165, 1.54) is 49.4 Å². The highest BCUT2D eigenvalue weighted by Gasteiger charge is 2.29. The topological polar surface area (TPSA) is 48.4 Å². The molecule has 2 aliphatic heterocycles. The smallest absolute Gasteiger partial charge is 0.161 e. The van der Waals surface area contributed by atoms with Gasteiger partial charge in [0.2, 0.25) is 0 Å². The van der Waals surface area contributed by atoms with E-state index < -0.39 is 0 Å². The number of anilines is 1. The summed E-state index contributed by atoms with van der Waals surface area (Å²) in [6.45, 7) is 6.89. The first-order valence-electron chi connectivity index (χ1n) is 10.8. The first-order chi connectivity index (χ1) is 13.8. The van der Waals surface area contributed by atoms with E-state index in [0.717, 1.165) is 56.5 Å². The number of rotatable bonds is 3. The van der Waals surface area contributed by atoms with Crippen LogP contribution in [0.25, 0.3) is 11.4 Å². The molecule has 6 nitrogen and oxygen atoms in total. The molecule has 1 unspecified atom stereocenters. The average molecular weight is 379 g/mol. The largest absolute Gasteiger partial charge is 0.354 e. The fourth-order valence-electron chi connectivity index (χ4n) is 5.04. The van der Waals surface area contributed by atoms with Gasteiger partial charge in [-0.05, 0) is 57.8 Å². The first-order valence-corrected chi connectivity index (χ1v) is 10.8. The van der Waals surface area contributed by atoms with E-state index in [1.807, 2.05) is 24.5 Å². The molecule has 2 saturated heterocycles. The van der Waals surface area contributed by atoms with Crippen molar-refractivity contribution >= 4 is 5.82 Å². The summed E-state index contributed by atoms with van der Waals surface area (Å²) in [7, 11) is 2.26. The third kappa shape index (κ3) is 3.51. The van der Waals surface area contributed by atoms with Gasteiger partial charge in [0, 0.05) is 68.0 Å². The van der Waals surface area contributed by atoms with Crippen LogP contribution in [0.15, 0.2) is 24.5 Å². The van der Waals surface area contributed by atoms with E-state index >= 15 is 0 Å². The van der Waals surface area contributed by atoms with Crippen molar-refractivity contribution < 1.29 is 0 Å². The predicted octanol–water partition coefficient (Wildman–Crippen LogP) is 2.24. The molecule has 0 aromatic carbocycles. The summed E-state index contributed by atoms with van der Waals surface area (Å²) in [5.41, 5.74) is 3.71. The van der Waals surface area contributed by atoms with Gasteiger partial charge in [0.05, 0.1) is 0 Å². The molecule has 28 heavy (non-hydrogen) atoms. The molecule has 148 valence electrons. The quantitative estimate of drug-likeness (QED) is 0.816. The zero-order valence-corrected chi connectivity index (χ0v) is 16.8. The first kappa shape index (κ1) is 18.0. The third-order valence-corrected chi connectivity index (χ3v) is 6.58.